The number of carboxylic acid groups (broad SMARTS) is 1. The van der Waals surface area contributed by atoms with Crippen LogP contribution in [0.3, 0.4) is 0 Å². The lowest BCUT2D eigenvalue weighted by molar-refractivity contribution is 0.0605. The second-order valence-corrected chi connectivity index (χ2v) is 4.33. The van der Waals surface area contributed by atoms with E-state index in [1.165, 1.54) is 7.05 Å². The Labute approximate surface area is 109 Å². The first kappa shape index (κ1) is 15.1. The van der Waals surface area contributed by atoms with Gasteiger partial charge in [0.2, 0.25) is 0 Å². The number of carbonyl (C=O) groups is 2. The molecule has 0 bridgehead atoms. The third-order valence-corrected chi connectivity index (χ3v) is 2.81. The first-order valence-electron chi connectivity index (χ1n) is 5.62. The Morgan fingerprint density at radius 3 is 2.11 bits per heavy atom. The van der Waals surface area contributed by atoms with Gasteiger partial charge < -0.3 is 10.0 Å². The molecule has 0 fully saturated rings. The molecule has 1 amide bonds. The Kier molecular flexibility index (Phi) is 4.58. The number of alkyl halides is 2. The van der Waals surface area contributed by atoms with Crippen LogP contribution in [0.25, 0.3) is 0 Å². The van der Waals surface area contributed by atoms with Crippen molar-refractivity contribution in [1.82, 2.24) is 4.90 Å². The smallest absolute Gasteiger partial charge is 0.336 e. The van der Waals surface area contributed by atoms with Crippen LogP contribution in [0.4, 0.5) is 8.78 Å². The van der Waals surface area contributed by atoms with Crippen molar-refractivity contribution in [2.24, 2.45) is 0 Å². The van der Waals surface area contributed by atoms with Crippen LogP contribution in [0.15, 0.2) is 12.1 Å². The lowest BCUT2D eigenvalue weighted by Gasteiger charge is -2.20. The van der Waals surface area contributed by atoms with Gasteiger partial charge in [0, 0.05) is 7.05 Å². The molecule has 0 radical (unpaired) electrons. The van der Waals surface area contributed by atoms with Crippen molar-refractivity contribution < 1.29 is 23.5 Å². The molecule has 0 aliphatic heterocycles. The normalized spacial score (nSPS) is 10.6. The highest BCUT2D eigenvalue weighted by molar-refractivity contribution is 6.06. The number of rotatable bonds is 4. The fourth-order valence-corrected chi connectivity index (χ4v) is 1.84. The predicted molar refractivity (Wildman–Crippen MR) is 65.8 cm³/mol. The Morgan fingerprint density at radius 2 is 1.68 bits per heavy atom. The van der Waals surface area contributed by atoms with E-state index in [1.54, 1.807) is 26.0 Å². The summed E-state index contributed by atoms with van der Waals surface area (Å²) in [6.45, 7) is 2.41. The largest absolute Gasteiger partial charge is 0.478 e. The minimum Gasteiger partial charge on any atom is -0.478 e. The van der Waals surface area contributed by atoms with Crippen molar-refractivity contribution >= 4 is 11.9 Å². The molecule has 0 aliphatic rings. The van der Waals surface area contributed by atoms with Gasteiger partial charge in [0.25, 0.3) is 12.3 Å². The maximum absolute atomic E-state index is 12.3. The van der Waals surface area contributed by atoms with E-state index in [0.29, 0.717) is 11.1 Å². The molecule has 0 saturated heterocycles. The lowest BCUT2D eigenvalue weighted by Crippen LogP contribution is -2.33. The number of carbonyl (C=O) groups excluding carboxylic acids is 1. The van der Waals surface area contributed by atoms with E-state index in [1.807, 2.05) is 0 Å². The summed E-state index contributed by atoms with van der Waals surface area (Å²) in [5, 5.41) is 9.16. The van der Waals surface area contributed by atoms with Crippen molar-refractivity contribution in [3.8, 4) is 0 Å². The first-order chi connectivity index (χ1) is 8.75. The molecule has 104 valence electrons. The fourth-order valence-electron chi connectivity index (χ4n) is 1.84. The van der Waals surface area contributed by atoms with E-state index < -0.39 is 24.8 Å². The molecule has 1 aromatic carbocycles. The zero-order valence-corrected chi connectivity index (χ0v) is 10.9. The highest BCUT2D eigenvalue weighted by Crippen LogP contribution is 2.20. The number of amides is 1. The summed E-state index contributed by atoms with van der Waals surface area (Å²) in [5.41, 5.74) is 0.711. The second kappa shape index (κ2) is 5.77. The third-order valence-electron chi connectivity index (χ3n) is 2.81. The standard InChI is InChI=1S/C13H15F2NO3/c1-7-4-5-8(2)11(13(18)19)10(7)12(17)16(3)6-9(14)15/h4-5,9H,6H2,1-3H3,(H,18,19). The summed E-state index contributed by atoms with van der Waals surface area (Å²) >= 11 is 0. The van der Waals surface area contributed by atoms with Gasteiger partial charge in [0.05, 0.1) is 17.7 Å². The van der Waals surface area contributed by atoms with Crippen LogP contribution in [0.2, 0.25) is 0 Å². The average molecular weight is 271 g/mol. The molecule has 0 unspecified atom stereocenters. The van der Waals surface area contributed by atoms with Crippen LogP contribution in [0.1, 0.15) is 31.8 Å². The summed E-state index contributed by atoms with van der Waals surface area (Å²) in [6.07, 6.45) is -2.66. The minimum atomic E-state index is -2.66. The number of hydrogen-bond donors (Lipinski definition) is 1. The number of aromatic carboxylic acids is 1. The first-order valence-corrected chi connectivity index (χ1v) is 5.62. The van der Waals surface area contributed by atoms with E-state index in [9.17, 15) is 18.4 Å². The minimum absolute atomic E-state index is 0.0318. The maximum Gasteiger partial charge on any atom is 0.336 e. The van der Waals surface area contributed by atoms with E-state index in [2.05, 4.69) is 0 Å². The summed E-state index contributed by atoms with van der Waals surface area (Å²) in [4.78, 5) is 24.2. The van der Waals surface area contributed by atoms with Gasteiger partial charge in [-0.05, 0) is 25.0 Å². The maximum atomic E-state index is 12.3. The lowest BCUT2D eigenvalue weighted by atomic mass is 9.96. The van der Waals surface area contributed by atoms with Crippen molar-refractivity contribution in [3.63, 3.8) is 0 Å². The topological polar surface area (TPSA) is 57.6 Å². The zero-order chi connectivity index (χ0) is 14.7. The van der Waals surface area contributed by atoms with E-state index in [0.717, 1.165) is 4.90 Å². The average Bonchev–Trinajstić information content (AvgIpc) is 2.29. The molecule has 1 N–H and O–H groups in total. The Morgan fingerprint density at radius 1 is 1.21 bits per heavy atom. The predicted octanol–water partition coefficient (Wildman–Crippen LogP) is 2.34. The number of nitrogens with zero attached hydrogens (tertiary/aromatic N) is 1. The Bertz CT molecular complexity index is 515. The Hall–Kier alpha value is -1.98. The molecule has 6 heteroatoms. The number of hydrogen-bond acceptors (Lipinski definition) is 2. The highest BCUT2D eigenvalue weighted by Gasteiger charge is 2.24. The number of aryl methyl sites for hydroxylation is 2. The van der Waals surface area contributed by atoms with Gasteiger partial charge in [-0.25, -0.2) is 13.6 Å². The van der Waals surface area contributed by atoms with E-state index >= 15 is 0 Å². The number of benzene rings is 1. The summed E-state index contributed by atoms with van der Waals surface area (Å²) in [5.74, 6) is -1.95. The zero-order valence-electron chi connectivity index (χ0n) is 10.9. The van der Waals surface area contributed by atoms with Crippen LogP contribution >= 0.6 is 0 Å². The van der Waals surface area contributed by atoms with Gasteiger partial charge >= 0.3 is 5.97 Å². The molecular weight excluding hydrogens is 256 g/mol. The molecule has 4 nitrogen and oxygen atoms in total. The highest BCUT2D eigenvalue weighted by atomic mass is 19.3. The molecular formula is C13H15F2NO3. The van der Waals surface area contributed by atoms with Gasteiger partial charge in [-0.3, -0.25) is 4.79 Å². The molecule has 0 heterocycles. The monoisotopic (exact) mass is 271 g/mol. The van der Waals surface area contributed by atoms with Crippen LogP contribution in [-0.2, 0) is 0 Å². The van der Waals surface area contributed by atoms with Crippen molar-refractivity contribution in [3.05, 3.63) is 34.4 Å². The van der Waals surface area contributed by atoms with Gasteiger partial charge in [-0.2, -0.15) is 0 Å². The number of carboxylic acids is 1. The van der Waals surface area contributed by atoms with Gasteiger partial charge in [0.1, 0.15) is 0 Å². The second-order valence-electron chi connectivity index (χ2n) is 4.33. The molecule has 0 atom stereocenters. The molecule has 19 heavy (non-hydrogen) atoms. The molecule has 0 saturated carbocycles. The Balaban J connectivity index is 3.29. The third kappa shape index (κ3) is 3.27. The van der Waals surface area contributed by atoms with Crippen LogP contribution in [-0.4, -0.2) is 41.9 Å². The molecule has 0 aromatic heterocycles. The van der Waals surface area contributed by atoms with Gasteiger partial charge in [0.15, 0.2) is 0 Å². The van der Waals surface area contributed by atoms with Crippen molar-refractivity contribution in [2.45, 2.75) is 20.3 Å². The van der Waals surface area contributed by atoms with Crippen LogP contribution in [0, 0.1) is 13.8 Å². The fraction of sp³-hybridized carbons (Fsp3) is 0.385. The van der Waals surface area contributed by atoms with Crippen molar-refractivity contribution in [1.29, 1.82) is 0 Å². The van der Waals surface area contributed by atoms with Crippen molar-refractivity contribution in [2.75, 3.05) is 13.6 Å². The number of halogens is 2. The van der Waals surface area contributed by atoms with E-state index in [4.69, 9.17) is 5.11 Å². The molecule has 0 spiro atoms. The molecule has 1 aromatic rings. The van der Waals surface area contributed by atoms with E-state index in [-0.39, 0.29) is 11.1 Å². The summed E-state index contributed by atoms with van der Waals surface area (Å²) in [7, 11) is 1.22. The molecule has 0 aliphatic carbocycles. The SMILES string of the molecule is Cc1ccc(C)c(C(=O)N(C)CC(F)F)c1C(=O)O. The van der Waals surface area contributed by atoms with Crippen LogP contribution in [0.5, 0.6) is 0 Å². The van der Waals surface area contributed by atoms with Gasteiger partial charge in [-0.1, -0.05) is 12.1 Å². The quantitative estimate of drug-likeness (QED) is 0.914. The summed E-state index contributed by atoms with van der Waals surface area (Å²) < 4.78 is 24.6. The summed E-state index contributed by atoms with van der Waals surface area (Å²) in [6, 6.07) is 3.19. The van der Waals surface area contributed by atoms with Gasteiger partial charge in [-0.15, -0.1) is 0 Å². The van der Waals surface area contributed by atoms with Crippen LogP contribution < -0.4 is 0 Å². The molecule has 1 rings (SSSR count).